The van der Waals surface area contributed by atoms with Crippen molar-refractivity contribution in [3.63, 3.8) is 0 Å². The Kier molecular flexibility index (Phi) is 3.80. The number of hydrogen-bond acceptors (Lipinski definition) is 6. The molecule has 2 aromatic rings. The SMILES string of the molecule is Nc1nc(OC[C@@]23CCCN2C[C@H](F)C3)nc2c(F)c(Cl)[nH]c(=O)c12. The second kappa shape index (κ2) is 5.77. The highest BCUT2D eigenvalue weighted by Crippen LogP contribution is 2.40. The maximum Gasteiger partial charge on any atom is 0.319 e. The Balaban J connectivity index is 1.67. The molecular weight excluding hydrogens is 356 g/mol. The molecule has 2 saturated heterocycles. The summed E-state index contributed by atoms with van der Waals surface area (Å²) in [6.45, 7) is 1.39. The summed E-state index contributed by atoms with van der Waals surface area (Å²) in [5.41, 5.74) is 4.39. The van der Waals surface area contributed by atoms with Crippen LogP contribution in [0.2, 0.25) is 5.15 Å². The maximum absolute atomic E-state index is 14.2. The van der Waals surface area contributed by atoms with Crippen LogP contribution in [-0.2, 0) is 0 Å². The minimum atomic E-state index is -0.902. The van der Waals surface area contributed by atoms with Crippen LogP contribution in [0.4, 0.5) is 14.6 Å². The van der Waals surface area contributed by atoms with Crippen LogP contribution in [0.25, 0.3) is 10.9 Å². The number of alkyl halides is 1. The van der Waals surface area contributed by atoms with E-state index in [1.54, 1.807) is 0 Å². The average Bonchev–Trinajstić information content (AvgIpc) is 3.06. The van der Waals surface area contributed by atoms with E-state index in [4.69, 9.17) is 22.1 Å². The molecule has 2 aliphatic heterocycles. The van der Waals surface area contributed by atoms with Gasteiger partial charge in [0.2, 0.25) is 0 Å². The average molecular weight is 372 g/mol. The van der Waals surface area contributed by atoms with Gasteiger partial charge in [-0.25, -0.2) is 8.78 Å². The van der Waals surface area contributed by atoms with Crippen LogP contribution in [0, 0.1) is 5.82 Å². The van der Waals surface area contributed by atoms with Crippen LogP contribution >= 0.6 is 11.6 Å². The van der Waals surface area contributed by atoms with E-state index in [1.165, 1.54) is 0 Å². The molecule has 2 atom stereocenters. The van der Waals surface area contributed by atoms with Gasteiger partial charge in [0.1, 0.15) is 34.7 Å². The van der Waals surface area contributed by atoms with Gasteiger partial charge in [-0.05, 0) is 19.4 Å². The molecule has 134 valence electrons. The fourth-order valence-corrected chi connectivity index (χ4v) is 4.05. The number of nitrogens with zero attached hydrogens (tertiary/aromatic N) is 3. The number of aromatic nitrogens is 3. The number of anilines is 1. The zero-order valence-electron chi connectivity index (χ0n) is 13.2. The lowest BCUT2D eigenvalue weighted by Crippen LogP contribution is -2.43. The first-order valence-electron chi connectivity index (χ1n) is 7.96. The summed E-state index contributed by atoms with van der Waals surface area (Å²) >= 11 is 5.65. The number of ether oxygens (including phenoxy) is 1. The Morgan fingerprint density at radius 3 is 3.08 bits per heavy atom. The highest BCUT2D eigenvalue weighted by Gasteiger charge is 2.49. The molecule has 0 spiro atoms. The van der Waals surface area contributed by atoms with Gasteiger partial charge in [0, 0.05) is 13.0 Å². The Morgan fingerprint density at radius 1 is 1.48 bits per heavy atom. The van der Waals surface area contributed by atoms with Crippen molar-refractivity contribution in [2.24, 2.45) is 0 Å². The molecule has 4 heterocycles. The third-order valence-corrected chi connectivity index (χ3v) is 5.26. The van der Waals surface area contributed by atoms with E-state index in [1.807, 2.05) is 0 Å². The Hall–Kier alpha value is -2.00. The number of pyridine rings is 1. The van der Waals surface area contributed by atoms with Gasteiger partial charge in [0.15, 0.2) is 5.82 Å². The van der Waals surface area contributed by atoms with Gasteiger partial charge in [-0.1, -0.05) is 11.6 Å². The first-order valence-corrected chi connectivity index (χ1v) is 8.34. The molecule has 0 aromatic carbocycles. The molecule has 2 aliphatic rings. The Morgan fingerprint density at radius 2 is 2.28 bits per heavy atom. The monoisotopic (exact) mass is 371 g/mol. The zero-order valence-corrected chi connectivity index (χ0v) is 13.9. The first kappa shape index (κ1) is 16.5. The second-order valence-electron chi connectivity index (χ2n) is 6.56. The fraction of sp³-hybridized carbons (Fsp3) is 0.533. The largest absolute Gasteiger partial charge is 0.461 e. The summed E-state index contributed by atoms with van der Waals surface area (Å²) in [5.74, 6) is -1.10. The maximum atomic E-state index is 14.2. The van der Waals surface area contributed by atoms with Crippen LogP contribution in [0.1, 0.15) is 19.3 Å². The smallest absolute Gasteiger partial charge is 0.319 e. The minimum absolute atomic E-state index is 0.158. The molecule has 3 N–H and O–H groups in total. The van der Waals surface area contributed by atoms with Gasteiger partial charge in [0.25, 0.3) is 5.56 Å². The molecule has 0 radical (unpaired) electrons. The van der Waals surface area contributed by atoms with Gasteiger partial charge in [-0.2, -0.15) is 9.97 Å². The molecular formula is C15H16ClF2N5O2. The zero-order chi connectivity index (χ0) is 17.8. The number of nitrogens with two attached hydrogens (primary N) is 1. The topological polar surface area (TPSA) is 97.1 Å². The quantitative estimate of drug-likeness (QED) is 0.796. The molecule has 10 heteroatoms. The number of nitrogens with one attached hydrogen (secondary N) is 1. The van der Waals surface area contributed by atoms with Gasteiger partial charge >= 0.3 is 6.01 Å². The van der Waals surface area contributed by atoms with Crippen LogP contribution < -0.4 is 16.0 Å². The van der Waals surface area contributed by atoms with E-state index in [0.29, 0.717) is 13.0 Å². The van der Waals surface area contributed by atoms with Gasteiger partial charge < -0.3 is 15.5 Å². The van der Waals surface area contributed by atoms with E-state index in [2.05, 4.69) is 19.9 Å². The Bertz CT molecular complexity index is 908. The first-order chi connectivity index (χ1) is 11.9. The fourth-order valence-electron chi connectivity index (χ4n) is 3.87. The number of halogens is 3. The normalized spacial score (nSPS) is 26.3. The lowest BCUT2D eigenvalue weighted by atomic mass is 9.95. The number of H-pyrrole nitrogens is 1. The third-order valence-electron chi connectivity index (χ3n) is 5.00. The second-order valence-corrected chi connectivity index (χ2v) is 6.94. The van der Waals surface area contributed by atoms with Crippen molar-refractivity contribution < 1.29 is 13.5 Å². The van der Waals surface area contributed by atoms with Crippen molar-refractivity contribution in [2.75, 3.05) is 25.4 Å². The standard InChI is InChI=1S/C15H16ClF2N5O2/c16-11-9(18)10-8(13(24)21-11)12(19)22-14(20-10)25-6-15-2-1-3-23(15)5-7(17)4-15/h7H,1-6H2,(H,21,24)(H2,19,20,22)/t7-,15+/m1/s1. The molecule has 0 aliphatic carbocycles. The molecule has 0 unspecified atom stereocenters. The summed E-state index contributed by atoms with van der Waals surface area (Å²) in [6.07, 6.45) is 1.28. The summed E-state index contributed by atoms with van der Waals surface area (Å²) < 4.78 is 33.6. The summed E-state index contributed by atoms with van der Waals surface area (Å²) in [5, 5.41) is -0.641. The van der Waals surface area contributed by atoms with Crippen molar-refractivity contribution >= 4 is 28.3 Å². The molecule has 25 heavy (non-hydrogen) atoms. The van der Waals surface area contributed by atoms with Crippen LogP contribution in [0.15, 0.2) is 4.79 Å². The van der Waals surface area contributed by atoms with E-state index >= 15 is 0 Å². The number of hydrogen-bond donors (Lipinski definition) is 2. The van der Waals surface area contributed by atoms with Gasteiger partial charge in [-0.15, -0.1) is 0 Å². The molecule has 2 aromatic heterocycles. The number of rotatable bonds is 3. The molecule has 2 fully saturated rings. The minimum Gasteiger partial charge on any atom is -0.461 e. The lowest BCUT2D eigenvalue weighted by Gasteiger charge is -2.30. The predicted molar refractivity (Wildman–Crippen MR) is 88.1 cm³/mol. The molecule has 0 saturated carbocycles. The van der Waals surface area contributed by atoms with Gasteiger partial charge in [-0.3, -0.25) is 9.69 Å². The highest BCUT2D eigenvalue weighted by atomic mass is 35.5. The van der Waals surface area contributed by atoms with Gasteiger partial charge in [0.05, 0.1) is 5.54 Å². The number of aromatic amines is 1. The predicted octanol–water partition coefficient (Wildman–Crippen LogP) is 1.65. The Labute approximate surface area is 146 Å². The van der Waals surface area contributed by atoms with E-state index < -0.39 is 28.2 Å². The van der Waals surface area contributed by atoms with E-state index in [0.717, 1.165) is 19.4 Å². The van der Waals surface area contributed by atoms with Crippen LogP contribution in [0.5, 0.6) is 6.01 Å². The summed E-state index contributed by atoms with van der Waals surface area (Å²) in [6, 6.07) is -0.158. The third kappa shape index (κ3) is 2.62. The highest BCUT2D eigenvalue weighted by molar-refractivity contribution is 6.30. The van der Waals surface area contributed by atoms with Crippen LogP contribution in [-0.4, -0.2) is 51.3 Å². The summed E-state index contributed by atoms with van der Waals surface area (Å²) in [4.78, 5) is 24.0. The van der Waals surface area contributed by atoms with Crippen molar-refractivity contribution in [2.45, 2.75) is 31.0 Å². The molecule has 4 rings (SSSR count). The van der Waals surface area contributed by atoms with Crippen molar-refractivity contribution in [3.05, 3.63) is 21.3 Å². The van der Waals surface area contributed by atoms with E-state index in [-0.39, 0.29) is 29.3 Å². The van der Waals surface area contributed by atoms with Crippen LogP contribution in [0.3, 0.4) is 0 Å². The van der Waals surface area contributed by atoms with E-state index in [9.17, 15) is 13.6 Å². The number of fused-ring (bicyclic) bond motifs is 2. The lowest BCUT2D eigenvalue weighted by molar-refractivity contribution is 0.107. The molecule has 0 bridgehead atoms. The molecule has 7 nitrogen and oxygen atoms in total. The van der Waals surface area contributed by atoms with Crippen molar-refractivity contribution in [1.29, 1.82) is 0 Å². The number of nitrogen functional groups attached to an aromatic ring is 1. The molecule has 0 amide bonds. The summed E-state index contributed by atoms with van der Waals surface area (Å²) in [7, 11) is 0. The van der Waals surface area contributed by atoms with Crippen molar-refractivity contribution in [1.82, 2.24) is 19.9 Å². The van der Waals surface area contributed by atoms with Crippen molar-refractivity contribution in [3.8, 4) is 6.01 Å².